The van der Waals surface area contributed by atoms with Gasteiger partial charge in [0.05, 0.1) is 5.54 Å². The number of ketones is 1. The predicted octanol–water partition coefficient (Wildman–Crippen LogP) is 3.82. The van der Waals surface area contributed by atoms with Crippen LogP contribution < -0.4 is 0 Å². The highest BCUT2D eigenvalue weighted by Gasteiger charge is 2.45. The van der Waals surface area contributed by atoms with E-state index < -0.39 is 0 Å². The maximum atomic E-state index is 13.1. The second-order valence-electron chi connectivity index (χ2n) is 6.95. The van der Waals surface area contributed by atoms with Crippen LogP contribution in [-0.4, -0.2) is 29.3 Å². The quantitative estimate of drug-likeness (QED) is 0.838. The number of rotatable bonds is 4. The minimum atomic E-state index is -0.130. The topological polar surface area (TPSA) is 20.3 Å². The zero-order valence-corrected chi connectivity index (χ0v) is 13.5. The van der Waals surface area contributed by atoms with E-state index in [1.807, 2.05) is 0 Å². The number of carbonyl (C=O) groups excluding carboxylic acids is 1. The smallest absolute Gasteiger partial charge is 0.157 e. The molecule has 1 saturated heterocycles. The van der Waals surface area contributed by atoms with Gasteiger partial charge in [0.2, 0.25) is 0 Å². The van der Waals surface area contributed by atoms with Crippen molar-refractivity contribution in [2.75, 3.05) is 13.1 Å². The van der Waals surface area contributed by atoms with Crippen LogP contribution in [0, 0.1) is 13.8 Å². The summed E-state index contributed by atoms with van der Waals surface area (Å²) in [5.41, 5.74) is 3.66. The van der Waals surface area contributed by atoms with Gasteiger partial charge in [0.25, 0.3) is 0 Å². The number of carbonyl (C=O) groups is 1. The van der Waals surface area contributed by atoms with Gasteiger partial charge in [0, 0.05) is 6.42 Å². The molecule has 0 bridgehead atoms. The second-order valence-corrected chi connectivity index (χ2v) is 6.95. The van der Waals surface area contributed by atoms with Crippen molar-refractivity contribution >= 4 is 5.78 Å². The summed E-state index contributed by atoms with van der Waals surface area (Å²) < 4.78 is 0. The van der Waals surface area contributed by atoms with Crippen molar-refractivity contribution in [3.05, 3.63) is 34.9 Å². The van der Waals surface area contributed by atoms with Gasteiger partial charge < -0.3 is 0 Å². The zero-order valence-electron chi connectivity index (χ0n) is 13.5. The Labute approximate surface area is 128 Å². The molecule has 0 aromatic heterocycles. The van der Waals surface area contributed by atoms with Crippen molar-refractivity contribution in [3.8, 4) is 0 Å². The van der Waals surface area contributed by atoms with E-state index in [0.717, 1.165) is 25.9 Å². The first-order valence-electron chi connectivity index (χ1n) is 8.46. The van der Waals surface area contributed by atoms with Crippen molar-refractivity contribution < 1.29 is 4.79 Å². The fourth-order valence-corrected chi connectivity index (χ4v) is 4.14. The SMILES string of the molecule is Cc1ccc(CC(=O)C2(N3CCCC3)CCCC2)cc1C. The highest BCUT2D eigenvalue weighted by atomic mass is 16.1. The highest BCUT2D eigenvalue weighted by Crippen LogP contribution is 2.39. The molecular weight excluding hydrogens is 258 g/mol. The molecular formula is C19H27NO. The standard InChI is InChI=1S/C19H27NO/c1-15-7-8-17(13-16(15)2)14-18(21)19(9-3-4-10-19)20-11-5-6-12-20/h7-8,13H,3-6,9-12,14H2,1-2H3. The number of likely N-dealkylation sites (tertiary alicyclic amines) is 1. The van der Waals surface area contributed by atoms with Crippen LogP contribution in [0.3, 0.4) is 0 Å². The van der Waals surface area contributed by atoms with Gasteiger partial charge in [-0.1, -0.05) is 31.0 Å². The number of hydrogen-bond donors (Lipinski definition) is 0. The van der Waals surface area contributed by atoms with E-state index in [-0.39, 0.29) is 5.54 Å². The Morgan fingerprint density at radius 1 is 1.05 bits per heavy atom. The molecule has 1 saturated carbocycles. The molecule has 21 heavy (non-hydrogen) atoms. The fourth-order valence-electron chi connectivity index (χ4n) is 4.14. The molecule has 0 unspecified atom stereocenters. The Bertz CT molecular complexity index is 522. The van der Waals surface area contributed by atoms with Gasteiger partial charge in [-0.05, 0) is 69.3 Å². The van der Waals surface area contributed by atoms with Crippen LogP contribution in [-0.2, 0) is 11.2 Å². The van der Waals surface area contributed by atoms with Gasteiger partial charge >= 0.3 is 0 Å². The first kappa shape index (κ1) is 14.8. The summed E-state index contributed by atoms with van der Waals surface area (Å²) in [5.74, 6) is 0.463. The van der Waals surface area contributed by atoms with Crippen molar-refractivity contribution in [2.45, 2.75) is 64.3 Å². The molecule has 2 aliphatic rings. The third-order valence-electron chi connectivity index (χ3n) is 5.60. The van der Waals surface area contributed by atoms with E-state index >= 15 is 0 Å². The lowest BCUT2D eigenvalue weighted by Gasteiger charge is -2.37. The molecule has 2 fully saturated rings. The summed E-state index contributed by atoms with van der Waals surface area (Å²) >= 11 is 0. The molecule has 1 aliphatic carbocycles. The normalized spacial score (nSPS) is 21.8. The van der Waals surface area contributed by atoms with Crippen molar-refractivity contribution in [3.63, 3.8) is 0 Å². The van der Waals surface area contributed by atoms with E-state index in [9.17, 15) is 4.79 Å². The molecule has 2 nitrogen and oxygen atoms in total. The maximum absolute atomic E-state index is 13.1. The summed E-state index contributed by atoms with van der Waals surface area (Å²) in [7, 11) is 0. The molecule has 1 aliphatic heterocycles. The van der Waals surface area contributed by atoms with E-state index in [1.54, 1.807) is 0 Å². The average Bonchev–Trinajstić information content (AvgIpc) is 3.13. The van der Waals surface area contributed by atoms with Gasteiger partial charge in [-0.3, -0.25) is 9.69 Å². The summed E-state index contributed by atoms with van der Waals surface area (Å²) in [6.07, 6.45) is 7.73. The Hall–Kier alpha value is -1.15. The van der Waals surface area contributed by atoms with Crippen molar-refractivity contribution in [1.82, 2.24) is 4.90 Å². The van der Waals surface area contributed by atoms with E-state index in [1.165, 1.54) is 42.4 Å². The molecule has 0 atom stereocenters. The Morgan fingerprint density at radius 2 is 1.71 bits per heavy atom. The zero-order chi connectivity index (χ0) is 14.9. The van der Waals surface area contributed by atoms with Crippen LogP contribution in [0.1, 0.15) is 55.2 Å². The van der Waals surface area contributed by atoms with Gasteiger partial charge in [-0.15, -0.1) is 0 Å². The monoisotopic (exact) mass is 285 g/mol. The highest BCUT2D eigenvalue weighted by molar-refractivity contribution is 5.90. The molecule has 1 aromatic carbocycles. The molecule has 3 rings (SSSR count). The van der Waals surface area contributed by atoms with Gasteiger partial charge in [0.1, 0.15) is 0 Å². The van der Waals surface area contributed by atoms with E-state index in [4.69, 9.17) is 0 Å². The molecule has 1 aromatic rings. The van der Waals surface area contributed by atoms with Crippen LogP contribution in [0.5, 0.6) is 0 Å². The number of nitrogens with zero attached hydrogens (tertiary/aromatic N) is 1. The molecule has 0 N–H and O–H groups in total. The Kier molecular flexibility index (Phi) is 4.17. The first-order valence-corrected chi connectivity index (χ1v) is 8.46. The number of benzene rings is 1. The van der Waals surface area contributed by atoms with Crippen LogP contribution in [0.15, 0.2) is 18.2 Å². The summed E-state index contributed by atoms with van der Waals surface area (Å²) in [6.45, 7) is 6.51. The van der Waals surface area contributed by atoms with Crippen molar-refractivity contribution in [1.29, 1.82) is 0 Å². The molecule has 0 radical (unpaired) electrons. The van der Waals surface area contributed by atoms with Crippen LogP contribution in [0.4, 0.5) is 0 Å². The lowest BCUT2D eigenvalue weighted by Crippen LogP contribution is -2.52. The van der Waals surface area contributed by atoms with Crippen LogP contribution >= 0.6 is 0 Å². The van der Waals surface area contributed by atoms with Crippen molar-refractivity contribution in [2.24, 2.45) is 0 Å². The summed E-state index contributed by atoms with van der Waals surface area (Å²) in [6, 6.07) is 6.47. The Morgan fingerprint density at radius 3 is 2.33 bits per heavy atom. The second kappa shape index (κ2) is 5.92. The van der Waals surface area contributed by atoms with E-state index in [0.29, 0.717) is 12.2 Å². The summed E-state index contributed by atoms with van der Waals surface area (Å²) in [4.78, 5) is 15.6. The summed E-state index contributed by atoms with van der Waals surface area (Å²) in [5, 5.41) is 0. The lowest BCUT2D eigenvalue weighted by atomic mass is 9.86. The minimum Gasteiger partial charge on any atom is -0.297 e. The molecule has 2 heteroatoms. The molecule has 0 spiro atoms. The third-order valence-corrected chi connectivity index (χ3v) is 5.60. The lowest BCUT2D eigenvalue weighted by molar-refractivity contribution is -0.129. The van der Waals surface area contributed by atoms with Crippen LogP contribution in [0.25, 0.3) is 0 Å². The maximum Gasteiger partial charge on any atom is 0.157 e. The molecule has 1 heterocycles. The van der Waals surface area contributed by atoms with Crippen LogP contribution in [0.2, 0.25) is 0 Å². The largest absolute Gasteiger partial charge is 0.297 e. The third kappa shape index (κ3) is 2.78. The first-order chi connectivity index (χ1) is 10.1. The predicted molar refractivity (Wildman–Crippen MR) is 86.6 cm³/mol. The van der Waals surface area contributed by atoms with E-state index in [2.05, 4.69) is 36.9 Å². The van der Waals surface area contributed by atoms with Gasteiger partial charge in [-0.2, -0.15) is 0 Å². The minimum absolute atomic E-state index is 0.130. The fraction of sp³-hybridized carbons (Fsp3) is 0.632. The van der Waals surface area contributed by atoms with Gasteiger partial charge in [-0.25, -0.2) is 0 Å². The average molecular weight is 285 g/mol. The number of aryl methyl sites for hydroxylation is 2. The number of hydrogen-bond acceptors (Lipinski definition) is 2. The molecule has 114 valence electrons. The molecule has 0 amide bonds. The Balaban J connectivity index is 1.79. The van der Waals surface area contributed by atoms with Gasteiger partial charge in [0.15, 0.2) is 5.78 Å². The number of Topliss-reactive ketones (excluding diaryl/α,β-unsaturated/α-hetero) is 1.